The van der Waals surface area contributed by atoms with Gasteiger partial charge in [-0.1, -0.05) is 6.92 Å². The highest BCUT2D eigenvalue weighted by Gasteiger charge is 2.13. The molecule has 0 aliphatic carbocycles. The summed E-state index contributed by atoms with van der Waals surface area (Å²) in [6.07, 6.45) is 0.676. The lowest BCUT2D eigenvalue weighted by molar-refractivity contribution is 0.101. The first kappa shape index (κ1) is 10.4. The monoisotopic (exact) mass is 191 g/mol. The fraction of sp³-hybridized carbons (Fsp3) is 0.273. The van der Waals surface area contributed by atoms with Gasteiger partial charge in [0.05, 0.1) is 11.1 Å². The van der Waals surface area contributed by atoms with Gasteiger partial charge >= 0.3 is 0 Å². The molecule has 3 heteroatoms. The first-order valence-corrected chi connectivity index (χ1v) is 4.33. The zero-order valence-corrected chi connectivity index (χ0v) is 8.10. The van der Waals surface area contributed by atoms with Crippen molar-refractivity contribution in [3.05, 3.63) is 34.6 Å². The predicted molar refractivity (Wildman–Crippen MR) is 50.5 cm³/mol. The number of hydrogen-bond acceptors (Lipinski definition) is 2. The zero-order valence-electron chi connectivity index (χ0n) is 8.10. The highest BCUT2D eigenvalue weighted by Crippen LogP contribution is 2.16. The van der Waals surface area contributed by atoms with Crippen LogP contribution in [0.15, 0.2) is 12.1 Å². The number of hydrogen-bond donors (Lipinski definition) is 0. The Morgan fingerprint density at radius 2 is 2.21 bits per heavy atom. The molecule has 0 aliphatic heterocycles. The maximum Gasteiger partial charge on any atom is 0.162 e. The molecule has 0 aromatic heterocycles. The van der Waals surface area contributed by atoms with Crippen LogP contribution in [0.2, 0.25) is 0 Å². The Balaban J connectivity index is 3.44. The molecule has 0 saturated carbocycles. The Bertz CT molecular complexity index is 418. The lowest BCUT2D eigenvalue weighted by atomic mass is 10.0. The average Bonchev–Trinajstić information content (AvgIpc) is 2.17. The number of carbonyl (C=O) groups is 1. The van der Waals surface area contributed by atoms with Crippen LogP contribution in [0.25, 0.3) is 0 Å². The lowest BCUT2D eigenvalue weighted by Crippen LogP contribution is -2.01. The van der Waals surface area contributed by atoms with E-state index in [2.05, 4.69) is 0 Å². The van der Waals surface area contributed by atoms with Gasteiger partial charge in [-0.2, -0.15) is 5.26 Å². The zero-order chi connectivity index (χ0) is 10.7. The highest BCUT2D eigenvalue weighted by molar-refractivity contribution is 5.94. The van der Waals surface area contributed by atoms with Crippen molar-refractivity contribution >= 4 is 5.78 Å². The van der Waals surface area contributed by atoms with E-state index in [1.807, 2.05) is 6.92 Å². The summed E-state index contributed by atoms with van der Waals surface area (Å²) >= 11 is 0. The van der Waals surface area contributed by atoms with Crippen molar-refractivity contribution in [1.82, 2.24) is 0 Å². The molecular weight excluding hydrogens is 181 g/mol. The van der Waals surface area contributed by atoms with Crippen LogP contribution < -0.4 is 0 Å². The van der Waals surface area contributed by atoms with Gasteiger partial charge in [0.2, 0.25) is 0 Å². The number of rotatable bonds is 2. The van der Waals surface area contributed by atoms with Gasteiger partial charge in [-0.25, -0.2) is 4.39 Å². The largest absolute Gasteiger partial charge is 0.294 e. The summed E-state index contributed by atoms with van der Waals surface area (Å²) in [6, 6.07) is 4.71. The van der Waals surface area contributed by atoms with Crippen molar-refractivity contribution < 1.29 is 9.18 Å². The Labute approximate surface area is 82.0 Å². The maximum absolute atomic E-state index is 13.4. The van der Waals surface area contributed by atoms with Crippen LogP contribution in [-0.4, -0.2) is 5.78 Å². The topological polar surface area (TPSA) is 40.9 Å². The van der Waals surface area contributed by atoms with Gasteiger partial charge < -0.3 is 0 Å². The summed E-state index contributed by atoms with van der Waals surface area (Å²) in [5, 5.41) is 8.64. The molecule has 0 radical (unpaired) electrons. The van der Waals surface area contributed by atoms with E-state index in [-0.39, 0.29) is 16.9 Å². The smallest absolute Gasteiger partial charge is 0.162 e. The van der Waals surface area contributed by atoms with E-state index in [0.29, 0.717) is 6.42 Å². The number of nitrogens with zero attached hydrogens (tertiary/aromatic N) is 1. The van der Waals surface area contributed by atoms with Crippen LogP contribution in [0.1, 0.15) is 35.3 Å². The van der Waals surface area contributed by atoms with Gasteiger partial charge in [0.1, 0.15) is 6.07 Å². The number of carbonyl (C=O) groups excluding carboxylic acids is 1. The van der Waals surface area contributed by atoms with Crippen LogP contribution >= 0.6 is 0 Å². The quantitative estimate of drug-likeness (QED) is 0.674. The van der Waals surface area contributed by atoms with E-state index < -0.39 is 5.82 Å². The van der Waals surface area contributed by atoms with Crippen LogP contribution in [0, 0.1) is 17.1 Å². The number of benzene rings is 1. The minimum absolute atomic E-state index is 0.000833. The second kappa shape index (κ2) is 4.01. The molecule has 0 bridgehead atoms. The van der Waals surface area contributed by atoms with Crippen LogP contribution in [0.3, 0.4) is 0 Å². The van der Waals surface area contributed by atoms with Gasteiger partial charge in [-0.15, -0.1) is 0 Å². The maximum atomic E-state index is 13.4. The molecular formula is C11H10FNO. The van der Waals surface area contributed by atoms with Crippen molar-refractivity contribution in [2.75, 3.05) is 0 Å². The third-order valence-corrected chi connectivity index (χ3v) is 2.04. The van der Waals surface area contributed by atoms with Crippen molar-refractivity contribution in [2.24, 2.45) is 0 Å². The molecule has 0 spiro atoms. The average molecular weight is 191 g/mol. The first-order valence-electron chi connectivity index (χ1n) is 4.33. The van der Waals surface area contributed by atoms with Crippen molar-refractivity contribution in [3.8, 4) is 6.07 Å². The fourth-order valence-corrected chi connectivity index (χ4v) is 1.23. The summed E-state index contributed by atoms with van der Waals surface area (Å²) in [4.78, 5) is 11.1. The summed E-state index contributed by atoms with van der Waals surface area (Å²) in [6.45, 7) is 3.18. The van der Waals surface area contributed by atoms with E-state index in [1.54, 1.807) is 6.07 Å². The highest BCUT2D eigenvalue weighted by atomic mass is 19.1. The molecule has 72 valence electrons. The fourth-order valence-electron chi connectivity index (χ4n) is 1.23. The third kappa shape index (κ3) is 1.80. The van der Waals surface area contributed by atoms with E-state index in [0.717, 1.165) is 5.56 Å². The van der Waals surface area contributed by atoms with Crippen molar-refractivity contribution in [1.29, 1.82) is 5.26 Å². The van der Waals surface area contributed by atoms with E-state index in [4.69, 9.17) is 5.26 Å². The summed E-state index contributed by atoms with van der Waals surface area (Å²) in [5.41, 5.74) is 0.739. The molecule has 0 N–H and O–H groups in total. The Morgan fingerprint density at radius 3 is 2.64 bits per heavy atom. The predicted octanol–water partition coefficient (Wildman–Crippen LogP) is 2.46. The van der Waals surface area contributed by atoms with Crippen LogP contribution in [0.4, 0.5) is 4.39 Å². The molecule has 0 atom stereocenters. The standard InChI is InChI=1S/C11H10FNO/c1-3-8-4-9(6-13)11(12)10(5-8)7(2)14/h4-5H,3H2,1-2H3. The van der Waals surface area contributed by atoms with E-state index in [9.17, 15) is 9.18 Å². The van der Waals surface area contributed by atoms with E-state index in [1.165, 1.54) is 19.1 Å². The molecule has 2 nitrogen and oxygen atoms in total. The third-order valence-electron chi connectivity index (χ3n) is 2.04. The molecule has 0 aliphatic rings. The molecule has 0 heterocycles. The number of nitriles is 1. The van der Waals surface area contributed by atoms with Crippen molar-refractivity contribution in [2.45, 2.75) is 20.3 Å². The Kier molecular flexibility index (Phi) is 2.98. The van der Waals surface area contributed by atoms with E-state index >= 15 is 0 Å². The molecule has 1 aromatic rings. The lowest BCUT2D eigenvalue weighted by Gasteiger charge is -2.03. The number of ketones is 1. The molecule has 14 heavy (non-hydrogen) atoms. The molecule has 0 saturated heterocycles. The van der Waals surface area contributed by atoms with Gasteiger partial charge in [0, 0.05) is 0 Å². The SMILES string of the molecule is CCc1cc(C#N)c(F)c(C(C)=O)c1. The summed E-state index contributed by atoms with van der Waals surface area (Å²) < 4.78 is 13.4. The molecule has 0 unspecified atom stereocenters. The van der Waals surface area contributed by atoms with Gasteiger partial charge in [0.25, 0.3) is 0 Å². The number of aryl methyl sites for hydroxylation is 1. The molecule has 0 amide bonds. The molecule has 1 rings (SSSR count). The second-order valence-corrected chi connectivity index (χ2v) is 3.03. The minimum atomic E-state index is -0.711. The summed E-state index contributed by atoms with van der Waals surface area (Å²) in [5.74, 6) is -1.06. The Morgan fingerprint density at radius 1 is 1.57 bits per heavy atom. The van der Waals surface area contributed by atoms with Crippen molar-refractivity contribution in [3.63, 3.8) is 0 Å². The molecule has 1 aromatic carbocycles. The summed E-state index contributed by atoms with van der Waals surface area (Å²) in [7, 11) is 0. The van der Waals surface area contributed by atoms with Gasteiger partial charge in [0.15, 0.2) is 11.6 Å². The van der Waals surface area contributed by atoms with Crippen LogP contribution in [-0.2, 0) is 6.42 Å². The second-order valence-electron chi connectivity index (χ2n) is 3.03. The normalized spacial score (nSPS) is 9.57. The number of halogens is 1. The Hall–Kier alpha value is -1.69. The van der Waals surface area contributed by atoms with Crippen LogP contribution in [0.5, 0.6) is 0 Å². The van der Waals surface area contributed by atoms with Gasteiger partial charge in [-0.05, 0) is 31.0 Å². The van der Waals surface area contributed by atoms with Gasteiger partial charge in [-0.3, -0.25) is 4.79 Å². The minimum Gasteiger partial charge on any atom is -0.294 e. The molecule has 0 fully saturated rings. The number of Topliss-reactive ketones (excluding diaryl/α,β-unsaturated/α-hetero) is 1. The first-order chi connectivity index (χ1) is 6.60.